The molecule has 0 unspecified atom stereocenters. The Kier molecular flexibility index (Phi) is 2.93. The maximum Gasteiger partial charge on any atom is 0.254 e. The molecule has 1 aliphatic rings. The zero-order valence-corrected chi connectivity index (χ0v) is 8.58. The highest BCUT2D eigenvalue weighted by Crippen LogP contribution is 2.09. The number of aliphatic hydroxyl groups is 1. The van der Waals surface area contributed by atoms with Crippen LogP contribution in [0.25, 0.3) is 0 Å². The van der Waals surface area contributed by atoms with Crippen LogP contribution in [0.5, 0.6) is 0 Å². The molecule has 1 saturated heterocycles. The Morgan fingerprint density at radius 3 is 2.08 bits per heavy atom. The third-order valence-corrected chi connectivity index (χ3v) is 2.31. The van der Waals surface area contributed by atoms with Crippen molar-refractivity contribution in [3.63, 3.8) is 0 Å². The molecule has 4 heteroatoms. The Morgan fingerprint density at radius 2 is 1.69 bits per heavy atom. The van der Waals surface area contributed by atoms with Gasteiger partial charge in [-0.1, -0.05) is 0 Å². The third-order valence-electron chi connectivity index (χ3n) is 2.31. The molecule has 13 heavy (non-hydrogen) atoms. The van der Waals surface area contributed by atoms with E-state index < -0.39 is 5.60 Å². The topological polar surface area (TPSA) is 43.8 Å². The van der Waals surface area contributed by atoms with E-state index in [2.05, 4.69) is 4.90 Å². The Balaban J connectivity index is 2.50. The number of amides is 1. The van der Waals surface area contributed by atoms with Crippen LogP contribution in [0.15, 0.2) is 0 Å². The molecule has 1 heterocycles. The van der Waals surface area contributed by atoms with Crippen molar-refractivity contribution in [3.05, 3.63) is 0 Å². The summed E-state index contributed by atoms with van der Waals surface area (Å²) in [5.74, 6) is -0.166. The van der Waals surface area contributed by atoms with Crippen molar-refractivity contribution >= 4 is 5.91 Å². The molecule has 1 rings (SSSR count). The Labute approximate surface area is 79.1 Å². The van der Waals surface area contributed by atoms with Crippen LogP contribution in [-0.4, -0.2) is 59.6 Å². The van der Waals surface area contributed by atoms with Gasteiger partial charge < -0.3 is 14.9 Å². The minimum absolute atomic E-state index is 0.166. The number of likely N-dealkylation sites (N-methyl/N-ethyl adjacent to an activating group) is 1. The summed E-state index contributed by atoms with van der Waals surface area (Å²) in [6, 6.07) is 0. The molecule has 0 aliphatic carbocycles. The largest absolute Gasteiger partial charge is 0.381 e. The minimum atomic E-state index is -1.23. The first-order valence-electron chi connectivity index (χ1n) is 4.61. The molecule has 0 saturated carbocycles. The summed E-state index contributed by atoms with van der Waals surface area (Å²) < 4.78 is 0. The van der Waals surface area contributed by atoms with Crippen molar-refractivity contribution in [1.82, 2.24) is 9.80 Å². The molecule has 0 aromatic heterocycles. The summed E-state index contributed by atoms with van der Waals surface area (Å²) in [6.45, 7) is 6.30. The van der Waals surface area contributed by atoms with Gasteiger partial charge in [0.05, 0.1) is 0 Å². The zero-order valence-electron chi connectivity index (χ0n) is 8.58. The first-order valence-corrected chi connectivity index (χ1v) is 4.61. The van der Waals surface area contributed by atoms with Gasteiger partial charge in [-0.2, -0.15) is 0 Å². The molecule has 4 nitrogen and oxygen atoms in total. The fourth-order valence-electron chi connectivity index (χ4n) is 1.40. The van der Waals surface area contributed by atoms with Gasteiger partial charge in [-0.05, 0) is 20.9 Å². The average Bonchev–Trinajstić information content (AvgIpc) is 2.03. The first kappa shape index (κ1) is 10.5. The van der Waals surface area contributed by atoms with E-state index in [4.69, 9.17) is 0 Å². The van der Waals surface area contributed by atoms with Crippen molar-refractivity contribution in [2.75, 3.05) is 33.2 Å². The van der Waals surface area contributed by atoms with Gasteiger partial charge in [-0.25, -0.2) is 0 Å². The molecule has 0 aromatic rings. The van der Waals surface area contributed by atoms with Crippen LogP contribution in [0.1, 0.15) is 13.8 Å². The predicted molar refractivity (Wildman–Crippen MR) is 50.4 cm³/mol. The SMILES string of the molecule is CN1CCN(C(=O)C(C)(C)O)CC1. The summed E-state index contributed by atoms with van der Waals surface area (Å²) in [4.78, 5) is 15.5. The maximum atomic E-state index is 11.6. The highest BCUT2D eigenvalue weighted by Gasteiger charge is 2.30. The lowest BCUT2D eigenvalue weighted by atomic mass is 10.1. The second kappa shape index (κ2) is 3.64. The van der Waals surface area contributed by atoms with Gasteiger partial charge in [-0.15, -0.1) is 0 Å². The normalized spacial score (nSPS) is 20.5. The molecule has 0 bridgehead atoms. The number of nitrogens with zero attached hydrogens (tertiary/aromatic N) is 2. The number of carbonyl (C=O) groups excluding carboxylic acids is 1. The first-order chi connectivity index (χ1) is 5.91. The van der Waals surface area contributed by atoms with E-state index in [9.17, 15) is 9.90 Å². The maximum absolute atomic E-state index is 11.6. The molecule has 1 aliphatic heterocycles. The quantitative estimate of drug-likeness (QED) is 0.602. The summed E-state index contributed by atoms with van der Waals surface area (Å²) in [6.07, 6.45) is 0. The highest BCUT2D eigenvalue weighted by molar-refractivity contribution is 5.84. The summed E-state index contributed by atoms with van der Waals surface area (Å²) in [5.41, 5.74) is -1.23. The molecule has 0 radical (unpaired) electrons. The van der Waals surface area contributed by atoms with E-state index in [1.54, 1.807) is 4.90 Å². The predicted octanol–water partition coefficient (Wildman–Crippen LogP) is -0.469. The van der Waals surface area contributed by atoms with E-state index in [0.717, 1.165) is 26.2 Å². The van der Waals surface area contributed by atoms with Gasteiger partial charge in [0.1, 0.15) is 5.60 Å². The fourth-order valence-corrected chi connectivity index (χ4v) is 1.40. The second-order valence-electron chi connectivity index (χ2n) is 4.15. The van der Waals surface area contributed by atoms with Crippen molar-refractivity contribution in [1.29, 1.82) is 0 Å². The lowest BCUT2D eigenvalue weighted by Crippen LogP contribution is -2.53. The van der Waals surface area contributed by atoms with Crippen LogP contribution in [-0.2, 0) is 4.79 Å². The Bertz CT molecular complexity index is 190. The van der Waals surface area contributed by atoms with Crippen LogP contribution in [0.3, 0.4) is 0 Å². The van der Waals surface area contributed by atoms with Gasteiger partial charge >= 0.3 is 0 Å². The molecule has 76 valence electrons. The number of hydrogen-bond donors (Lipinski definition) is 1. The molecule has 0 atom stereocenters. The third kappa shape index (κ3) is 2.67. The van der Waals surface area contributed by atoms with E-state index >= 15 is 0 Å². The lowest BCUT2D eigenvalue weighted by molar-refractivity contribution is -0.149. The summed E-state index contributed by atoms with van der Waals surface area (Å²) >= 11 is 0. The fraction of sp³-hybridized carbons (Fsp3) is 0.889. The molecule has 0 spiro atoms. The lowest BCUT2D eigenvalue weighted by Gasteiger charge is -2.35. The number of carbonyl (C=O) groups is 1. The number of piperazine rings is 1. The van der Waals surface area contributed by atoms with Crippen LogP contribution in [0.4, 0.5) is 0 Å². The zero-order chi connectivity index (χ0) is 10.1. The van der Waals surface area contributed by atoms with Gasteiger partial charge in [-0.3, -0.25) is 4.79 Å². The standard InChI is InChI=1S/C9H18N2O2/c1-9(2,13)8(12)11-6-4-10(3)5-7-11/h13H,4-7H2,1-3H3. The smallest absolute Gasteiger partial charge is 0.254 e. The average molecular weight is 186 g/mol. The van der Waals surface area contributed by atoms with Crippen LogP contribution < -0.4 is 0 Å². The highest BCUT2D eigenvalue weighted by atomic mass is 16.3. The van der Waals surface area contributed by atoms with Crippen molar-refractivity contribution in [2.45, 2.75) is 19.4 Å². The monoisotopic (exact) mass is 186 g/mol. The van der Waals surface area contributed by atoms with Crippen molar-refractivity contribution in [3.8, 4) is 0 Å². The summed E-state index contributed by atoms with van der Waals surface area (Å²) in [7, 11) is 2.03. The molecule has 1 N–H and O–H groups in total. The molecule has 1 amide bonds. The second-order valence-corrected chi connectivity index (χ2v) is 4.15. The molecule has 1 fully saturated rings. The Morgan fingerprint density at radius 1 is 1.23 bits per heavy atom. The Hall–Kier alpha value is -0.610. The van der Waals surface area contributed by atoms with Crippen LogP contribution in [0.2, 0.25) is 0 Å². The molecular weight excluding hydrogens is 168 g/mol. The summed E-state index contributed by atoms with van der Waals surface area (Å²) in [5, 5.41) is 9.50. The minimum Gasteiger partial charge on any atom is -0.381 e. The molecule has 0 aromatic carbocycles. The van der Waals surface area contributed by atoms with Crippen molar-refractivity contribution < 1.29 is 9.90 Å². The van der Waals surface area contributed by atoms with E-state index in [-0.39, 0.29) is 5.91 Å². The number of rotatable bonds is 1. The van der Waals surface area contributed by atoms with Crippen LogP contribution in [0, 0.1) is 0 Å². The van der Waals surface area contributed by atoms with Gasteiger partial charge in [0.25, 0.3) is 5.91 Å². The molecular formula is C9H18N2O2. The van der Waals surface area contributed by atoms with E-state index in [1.165, 1.54) is 13.8 Å². The van der Waals surface area contributed by atoms with Crippen molar-refractivity contribution in [2.24, 2.45) is 0 Å². The van der Waals surface area contributed by atoms with Crippen LogP contribution >= 0.6 is 0 Å². The van der Waals surface area contributed by atoms with Gasteiger partial charge in [0.2, 0.25) is 0 Å². The van der Waals surface area contributed by atoms with E-state index in [0.29, 0.717) is 0 Å². The van der Waals surface area contributed by atoms with Gasteiger partial charge in [0.15, 0.2) is 0 Å². The number of hydrogen-bond acceptors (Lipinski definition) is 3. The van der Waals surface area contributed by atoms with E-state index in [1.807, 2.05) is 7.05 Å². The van der Waals surface area contributed by atoms with Gasteiger partial charge in [0, 0.05) is 26.2 Å².